The Morgan fingerprint density at radius 1 is 0.952 bits per heavy atom. The van der Waals surface area contributed by atoms with Crippen molar-refractivity contribution in [2.24, 2.45) is 0 Å². The molecule has 0 N–H and O–H groups in total. The number of ether oxygens (including phenoxy) is 3. The molecule has 2 rings (SSSR count). The molecule has 2 aromatic rings. The van der Waals surface area contributed by atoms with Gasteiger partial charge in [0.15, 0.2) is 0 Å². The molecular weight excluding hydrogens is 264 g/mol. The minimum absolute atomic E-state index is 0.466. The topological polar surface area (TPSA) is 27.7 Å². The van der Waals surface area contributed by atoms with Crippen LogP contribution in [0.3, 0.4) is 0 Å². The number of rotatable bonds is 5. The van der Waals surface area contributed by atoms with Crippen molar-refractivity contribution in [3.05, 3.63) is 42.0 Å². The van der Waals surface area contributed by atoms with Crippen molar-refractivity contribution in [1.29, 1.82) is 0 Å². The summed E-state index contributed by atoms with van der Waals surface area (Å²) in [6.45, 7) is 5.02. The first kappa shape index (κ1) is 15.4. The van der Waals surface area contributed by atoms with E-state index in [0.717, 1.165) is 22.1 Å². The maximum absolute atomic E-state index is 5.41. The van der Waals surface area contributed by atoms with Crippen LogP contribution in [-0.4, -0.2) is 26.6 Å². The van der Waals surface area contributed by atoms with Crippen LogP contribution >= 0.6 is 0 Å². The van der Waals surface area contributed by atoms with E-state index in [9.17, 15) is 0 Å². The van der Waals surface area contributed by atoms with Crippen molar-refractivity contribution < 1.29 is 14.2 Å². The summed E-state index contributed by atoms with van der Waals surface area (Å²) in [5, 5.41) is 2.26. The minimum Gasteiger partial charge on any atom is -0.497 e. The van der Waals surface area contributed by atoms with E-state index in [0.29, 0.717) is 13.2 Å². The third-order valence-electron chi connectivity index (χ3n) is 3.02. The van der Waals surface area contributed by atoms with Gasteiger partial charge in [0, 0.05) is 18.8 Å². The third-order valence-corrected chi connectivity index (χ3v) is 3.02. The number of methoxy groups -OCH3 is 1. The van der Waals surface area contributed by atoms with Crippen molar-refractivity contribution in [3.63, 3.8) is 0 Å². The van der Waals surface area contributed by atoms with Crippen LogP contribution in [-0.2, 0) is 9.47 Å². The van der Waals surface area contributed by atoms with Gasteiger partial charge in [0.1, 0.15) is 5.75 Å². The van der Waals surface area contributed by atoms with E-state index >= 15 is 0 Å². The van der Waals surface area contributed by atoms with Crippen molar-refractivity contribution in [2.45, 2.75) is 20.1 Å². The Balaban J connectivity index is 2.23. The highest BCUT2D eigenvalue weighted by atomic mass is 16.7. The van der Waals surface area contributed by atoms with Crippen LogP contribution in [0.25, 0.3) is 10.8 Å². The second kappa shape index (κ2) is 7.68. The smallest absolute Gasteiger partial charge is 0.222 e. The molecule has 2 aromatic carbocycles. The normalized spacial score (nSPS) is 10.5. The molecule has 3 nitrogen and oxygen atoms in total. The minimum atomic E-state index is -0.466. The zero-order valence-electron chi connectivity index (χ0n) is 12.7. The maximum Gasteiger partial charge on any atom is 0.222 e. The van der Waals surface area contributed by atoms with Crippen LogP contribution in [0.1, 0.15) is 19.4 Å². The quantitative estimate of drug-likeness (QED) is 0.620. The Bertz CT molecular complexity index is 646. The Morgan fingerprint density at radius 3 is 2.29 bits per heavy atom. The predicted octanol–water partition coefficient (Wildman–Crippen LogP) is 3.60. The Morgan fingerprint density at radius 2 is 1.62 bits per heavy atom. The van der Waals surface area contributed by atoms with E-state index in [1.807, 2.05) is 44.2 Å². The second-order valence-corrected chi connectivity index (χ2v) is 4.44. The number of hydrogen-bond acceptors (Lipinski definition) is 3. The molecule has 3 heteroatoms. The van der Waals surface area contributed by atoms with Crippen LogP contribution in [0.15, 0.2) is 36.4 Å². The Labute approximate surface area is 125 Å². The average Bonchev–Trinajstić information content (AvgIpc) is 2.52. The standard InChI is InChI=1S/C18H20O3/c1-4-20-18(21-5-2)11-7-14-6-8-16-13-17(19-3)10-9-15(16)12-14/h6,8-10,12-13,18H,4-5H2,1-3H3. The van der Waals surface area contributed by atoms with Crippen LogP contribution < -0.4 is 4.74 Å². The van der Waals surface area contributed by atoms with Gasteiger partial charge in [-0.05, 0) is 54.8 Å². The lowest BCUT2D eigenvalue weighted by Gasteiger charge is -2.09. The molecule has 21 heavy (non-hydrogen) atoms. The molecule has 0 spiro atoms. The molecule has 0 aliphatic rings. The molecule has 110 valence electrons. The lowest BCUT2D eigenvalue weighted by Crippen LogP contribution is -2.14. The Hall–Kier alpha value is -2.02. The molecule has 0 saturated carbocycles. The van der Waals surface area contributed by atoms with Crippen molar-refractivity contribution in [2.75, 3.05) is 20.3 Å². The lowest BCUT2D eigenvalue weighted by atomic mass is 10.1. The fourth-order valence-corrected chi connectivity index (χ4v) is 2.01. The summed E-state index contributed by atoms with van der Waals surface area (Å²) in [5.41, 5.74) is 0.942. The van der Waals surface area contributed by atoms with E-state index in [1.165, 1.54) is 0 Å². The van der Waals surface area contributed by atoms with Crippen molar-refractivity contribution in [3.8, 4) is 17.6 Å². The van der Waals surface area contributed by atoms with Crippen LogP contribution in [0, 0.1) is 11.8 Å². The molecule has 0 bridgehead atoms. The van der Waals surface area contributed by atoms with E-state index in [4.69, 9.17) is 14.2 Å². The van der Waals surface area contributed by atoms with Gasteiger partial charge in [-0.1, -0.05) is 18.1 Å². The first-order chi connectivity index (χ1) is 10.3. The largest absolute Gasteiger partial charge is 0.497 e. The lowest BCUT2D eigenvalue weighted by molar-refractivity contribution is -0.0969. The number of benzene rings is 2. The fraction of sp³-hybridized carbons (Fsp3) is 0.333. The van der Waals surface area contributed by atoms with Gasteiger partial charge in [0.05, 0.1) is 7.11 Å². The van der Waals surface area contributed by atoms with E-state index in [-0.39, 0.29) is 0 Å². The molecular formula is C18H20O3. The van der Waals surface area contributed by atoms with Gasteiger partial charge in [-0.2, -0.15) is 0 Å². The van der Waals surface area contributed by atoms with Gasteiger partial charge in [-0.25, -0.2) is 0 Å². The predicted molar refractivity (Wildman–Crippen MR) is 84.4 cm³/mol. The molecule has 0 unspecified atom stereocenters. The summed E-state index contributed by atoms with van der Waals surface area (Å²) in [4.78, 5) is 0. The highest BCUT2D eigenvalue weighted by Crippen LogP contribution is 2.21. The Kier molecular flexibility index (Phi) is 5.62. The molecule has 0 atom stereocenters. The van der Waals surface area contributed by atoms with Crippen molar-refractivity contribution in [1.82, 2.24) is 0 Å². The van der Waals surface area contributed by atoms with Gasteiger partial charge in [-0.15, -0.1) is 0 Å². The highest BCUT2D eigenvalue weighted by molar-refractivity contribution is 5.85. The summed E-state index contributed by atoms with van der Waals surface area (Å²) in [6, 6.07) is 12.1. The molecule has 0 aliphatic carbocycles. The van der Waals surface area contributed by atoms with Gasteiger partial charge in [-0.3, -0.25) is 0 Å². The molecule has 0 aliphatic heterocycles. The summed E-state index contributed by atoms with van der Waals surface area (Å²) in [6.07, 6.45) is -0.466. The first-order valence-corrected chi connectivity index (χ1v) is 7.09. The number of hydrogen-bond donors (Lipinski definition) is 0. The molecule has 0 heterocycles. The summed E-state index contributed by atoms with van der Waals surface area (Å²) in [5.74, 6) is 6.97. The van der Waals surface area contributed by atoms with E-state index in [1.54, 1.807) is 7.11 Å². The zero-order valence-corrected chi connectivity index (χ0v) is 12.7. The van der Waals surface area contributed by atoms with Crippen LogP contribution in [0.4, 0.5) is 0 Å². The van der Waals surface area contributed by atoms with Gasteiger partial charge in [0.25, 0.3) is 0 Å². The van der Waals surface area contributed by atoms with Crippen molar-refractivity contribution >= 4 is 10.8 Å². The maximum atomic E-state index is 5.41. The summed E-state index contributed by atoms with van der Waals surface area (Å²) < 4.78 is 16.0. The number of fused-ring (bicyclic) bond motifs is 1. The van der Waals surface area contributed by atoms with Crippen LogP contribution in [0.2, 0.25) is 0 Å². The molecule has 0 fully saturated rings. The summed E-state index contributed by atoms with van der Waals surface area (Å²) >= 11 is 0. The van der Waals surface area contributed by atoms with Gasteiger partial charge in [0.2, 0.25) is 6.29 Å². The third kappa shape index (κ3) is 4.22. The molecule has 0 amide bonds. The second-order valence-electron chi connectivity index (χ2n) is 4.44. The van der Waals surface area contributed by atoms with Gasteiger partial charge >= 0.3 is 0 Å². The van der Waals surface area contributed by atoms with Gasteiger partial charge < -0.3 is 14.2 Å². The SMILES string of the molecule is CCOC(C#Cc1ccc2cc(OC)ccc2c1)OCC. The van der Waals surface area contributed by atoms with E-state index in [2.05, 4.69) is 17.9 Å². The highest BCUT2D eigenvalue weighted by Gasteiger charge is 2.02. The van der Waals surface area contributed by atoms with Crippen LogP contribution in [0.5, 0.6) is 5.75 Å². The van der Waals surface area contributed by atoms with E-state index < -0.39 is 6.29 Å². The molecule has 0 radical (unpaired) electrons. The molecule has 0 aromatic heterocycles. The zero-order chi connectivity index (χ0) is 15.1. The average molecular weight is 284 g/mol. The monoisotopic (exact) mass is 284 g/mol. The molecule has 0 saturated heterocycles. The fourth-order valence-electron chi connectivity index (χ4n) is 2.01. The summed E-state index contributed by atoms with van der Waals surface area (Å²) in [7, 11) is 1.67. The first-order valence-electron chi connectivity index (χ1n) is 7.09.